The molecule has 1 fully saturated rings. The molecule has 1 aliphatic rings. The molecular formula is C20H34ClNO4Si. The predicted octanol–water partition coefficient (Wildman–Crippen LogP) is 5.18. The summed E-state index contributed by atoms with van der Waals surface area (Å²) in [6.07, 6.45) is 1.59. The van der Waals surface area contributed by atoms with Crippen LogP contribution in [0, 0.1) is 0 Å². The minimum atomic E-state index is -1.73. The van der Waals surface area contributed by atoms with Crippen LogP contribution in [0.1, 0.15) is 46.2 Å². The number of nitrogens with zero attached hydrogens (tertiary/aromatic N) is 1. The van der Waals surface area contributed by atoms with E-state index in [1.165, 1.54) is 0 Å². The van der Waals surface area contributed by atoms with Gasteiger partial charge in [0.05, 0.1) is 18.4 Å². The lowest BCUT2D eigenvalue weighted by Gasteiger charge is -2.36. The average Bonchev–Trinajstić information content (AvgIpc) is 3.03. The third kappa shape index (κ3) is 5.67. The lowest BCUT2D eigenvalue weighted by molar-refractivity contribution is -0.0248. The Bertz CT molecular complexity index is 627. The van der Waals surface area contributed by atoms with E-state index in [9.17, 15) is 0 Å². The Hall–Kier alpha value is -0.663. The van der Waals surface area contributed by atoms with Gasteiger partial charge in [0.1, 0.15) is 16.5 Å². The molecule has 0 radical (unpaired) electrons. The van der Waals surface area contributed by atoms with Crippen molar-refractivity contribution in [2.45, 2.75) is 70.4 Å². The van der Waals surface area contributed by atoms with Gasteiger partial charge in [0.15, 0.2) is 8.32 Å². The fourth-order valence-corrected chi connectivity index (χ4v) is 4.04. The van der Waals surface area contributed by atoms with Crippen molar-refractivity contribution in [3.63, 3.8) is 0 Å². The van der Waals surface area contributed by atoms with E-state index in [0.717, 1.165) is 18.5 Å². The highest BCUT2D eigenvalue weighted by molar-refractivity contribution is 6.74. The van der Waals surface area contributed by atoms with E-state index >= 15 is 0 Å². The summed E-state index contributed by atoms with van der Waals surface area (Å²) in [6, 6.07) is 3.66. The van der Waals surface area contributed by atoms with Crippen LogP contribution < -0.4 is 4.74 Å². The first-order valence-electron chi connectivity index (χ1n) is 9.61. The van der Waals surface area contributed by atoms with Gasteiger partial charge in [0.2, 0.25) is 0 Å². The van der Waals surface area contributed by atoms with Crippen LogP contribution in [0.2, 0.25) is 23.3 Å². The van der Waals surface area contributed by atoms with Gasteiger partial charge in [-0.15, -0.1) is 0 Å². The van der Waals surface area contributed by atoms with Crippen LogP contribution in [0.4, 0.5) is 0 Å². The van der Waals surface area contributed by atoms with E-state index in [-0.39, 0.29) is 11.1 Å². The molecule has 2 atom stereocenters. The van der Waals surface area contributed by atoms with E-state index < -0.39 is 13.9 Å². The second-order valence-corrected chi connectivity index (χ2v) is 14.0. The first-order valence-corrected chi connectivity index (χ1v) is 12.9. The Morgan fingerprint density at radius 3 is 2.59 bits per heavy atom. The highest BCUT2D eigenvalue weighted by atomic mass is 35.5. The van der Waals surface area contributed by atoms with Crippen LogP contribution in [0.25, 0.3) is 0 Å². The maximum absolute atomic E-state index is 6.25. The van der Waals surface area contributed by atoms with Crippen molar-refractivity contribution in [2.75, 3.05) is 26.9 Å². The number of ether oxygens (including phenoxy) is 3. The molecule has 7 heteroatoms. The molecule has 0 aliphatic carbocycles. The van der Waals surface area contributed by atoms with E-state index in [0.29, 0.717) is 30.7 Å². The third-order valence-corrected chi connectivity index (χ3v) is 10.5. The van der Waals surface area contributed by atoms with Gasteiger partial charge in [-0.3, -0.25) is 0 Å². The van der Waals surface area contributed by atoms with E-state index in [1.807, 2.05) is 13.0 Å². The lowest BCUT2D eigenvalue weighted by atomic mass is 9.98. The zero-order valence-corrected chi connectivity index (χ0v) is 19.5. The average molecular weight is 416 g/mol. The van der Waals surface area contributed by atoms with Crippen LogP contribution in [0.5, 0.6) is 5.75 Å². The molecule has 2 heterocycles. The van der Waals surface area contributed by atoms with Crippen molar-refractivity contribution in [3.05, 3.63) is 23.0 Å². The highest BCUT2D eigenvalue weighted by Crippen LogP contribution is 2.37. The van der Waals surface area contributed by atoms with Gasteiger partial charge in [0, 0.05) is 45.3 Å². The smallest absolute Gasteiger partial charge is 0.191 e. The molecule has 2 rings (SSSR count). The minimum absolute atomic E-state index is 0.0133. The van der Waals surface area contributed by atoms with Crippen LogP contribution in [-0.4, -0.2) is 46.3 Å². The largest absolute Gasteiger partial charge is 0.490 e. The fraction of sp³-hybridized carbons (Fsp3) is 0.750. The highest BCUT2D eigenvalue weighted by Gasteiger charge is 2.39. The van der Waals surface area contributed by atoms with E-state index in [1.54, 1.807) is 13.2 Å². The second-order valence-electron chi connectivity index (χ2n) is 8.84. The maximum atomic E-state index is 6.25. The third-order valence-electron chi connectivity index (χ3n) is 5.74. The van der Waals surface area contributed by atoms with Crippen molar-refractivity contribution in [1.29, 1.82) is 0 Å². The molecule has 154 valence electrons. The lowest BCUT2D eigenvalue weighted by Crippen LogP contribution is -2.41. The molecule has 5 nitrogen and oxygen atoms in total. The fourth-order valence-electron chi connectivity index (χ4n) is 2.78. The first-order chi connectivity index (χ1) is 12.5. The maximum Gasteiger partial charge on any atom is 0.191 e. The molecule has 0 aromatic carbocycles. The van der Waals surface area contributed by atoms with Gasteiger partial charge in [0.25, 0.3) is 0 Å². The molecule has 0 N–H and O–H groups in total. The van der Waals surface area contributed by atoms with E-state index in [4.69, 9.17) is 30.2 Å². The molecule has 0 saturated carbocycles. The Kier molecular flexibility index (Phi) is 7.36. The Labute approximate surface area is 169 Å². The molecule has 1 aliphatic heterocycles. The number of rotatable bonds is 8. The monoisotopic (exact) mass is 415 g/mol. The normalized spacial score (nSPS) is 22.1. The van der Waals surface area contributed by atoms with Crippen molar-refractivity contribution in [2.24, 2.45) is 0 Å². The molecule has 0 unspecified atom stereocenters. The number of aromatic nitrogens is 1. The van der Waals surface area contributed by atoms with Crippen LogP contribution in [-0.2, 0) is 19.5 Å². The van der Waals surface area contributed by atoms with Crippen molar-refractivity contribution >= 4 is 19.9 Å². The van der Waals surface area contributed by atoms with E-state index in [2.05, 4.69) is 38.8 Å². The predicted molar refractivity (Wildman–Crippen MR) is 111 cm³/mol. The summed E-state index contributed by atoms with van der Waals surface area (Å²) in [6.45, 7) is 15.1. The second kappa shape index (κ2) is 8.78. The molecule has 0 bridgehead atoms. The summed E-state index contributed by atoms with van der Waals surface area (Å²) in [4.78, 5) is 4.45. The molecule has 1 saturated heterocycles. The summed E-state index contributed by atoms with van der Waals surface area (Å²) in [7, 11) is -0.0523. The first kappa shape index (κ1) is 22.6. The summed E-state index contributed by atoms with van der Waals surface area (Å²) in [5.41, 5.74) is 0.215. The minimum Gasteiger partial charge on any atom is -0.490 e. The topological polar surface area (TPSA) is 49.8 Å². The van der Waals surface area contributed by atoms with Gasteiger partial charge >= 0.3 is 0 Å². The zero-order chi connectivity index (χ0) is 20.3. The zero-order valence-electron chi connectivity index (χ0n) is 17.7. The van der Waals surface area contributed by atoms with Gasteiger partial charge in [-0.05, 0) is 25.1 Å². The molecule has 27 heavy (non-hydrogen) atoms. The van der Waals surface area contributed by atoms with Gasteiger partial charge in [-0.1, -0.05) is 32.4 Å². The Balaban J connectivity index is 1.99. The summed E-state index contributed by atoms with van der Waals surface area (Å²) < 4.78 is 23.6. The quantitative estimate of drug-likeness (QED) is 0.432. The molecule has 0 spiro atoms. The number of halogens is 1. The molecule has 1 aromatic heterocycles. The summed E-state index contributed by atoms with van der Waals surface area (Å²) in [5, 5.41) is 0.609. The van der Waals surface area contributed by atoms with Gasteiger partial charge in [-0.25, -0.2) is 4.98 Å². The summed E-state index contributed by atoms with van der Waals surface area (Å²) in [5.74, 6) is 0.702. The van der Waals surface area contributed by atoms with Crippen molar-refractivity contribution < 1.29 is 18.6 Å². The number of methoxy groups -OCH3 is 1. The Morgan fingerprint density at radius 2 is 2.04 bits per heavy atom. The van der Waals surface area contributed by atoms with Gasteiger partial charge < -0.3 is 18.6 Å². The van der Waals surface area contributed by atoms with Crippen LogP contribution in [0.3, 0.4) is 0 Å². The van der Waals surface area contributed by atoms with Crippen LogP contribution >= 0.6 is 11.6 Å². The van der Waals surface area contributed by atoms with Crippen molar-refractivity contribution in [3.8, 4) is 5.75 Å². The SMILES string of the molecule is CO[C@@]1(c2cc(O[C@@H](C)CCO[Si](C)(C)C(C)(C)C)cc(Cl)n2)CCOC1. The van der Waals surface area contributed by atoms with Gasteiger partial charge in [-0.2, -0.15) is 0 Å². The van der Waals surface area contributed by atoms with Crippen molar-refractivity contribution in [1.82, 2.24) is 4.98 Å². The van der Waals surface area contributed by atoms with Crippen LogP contribution in [0.15, 0.2) is 12.1 Å². The standard InChI is InChI=1S/C20H34ClNO4Si/c1-15(8-10-25-27(6,7)19(2,3)4)26-16-12-17(22-18(21)13-16)20(23-5)9-11-24-14-20/h12-13,15H,8-11,14H2,1-7H3/t15-,20-/m0/s1. The Morgan fingerprint density at radius 1 is 1.33 bits per heavy atom. The number of hydrogen-bond acceptors (Lipinski definition) is 5. The molecule has 0 amide bonds. The number of pyridine rings is 1. The number of hydrogen-bond donors (Lipinski definition) is 0. The summed E-state index contributed by atoms with van der Waals surface area (Å²) >= 11 is 6.24. The molecular weight excluding hydrogens is 382 g/mol. The molecule has 1 aromatic rings.